The fourth-order valence-electron chi connectivity index (χ4n) is 3.94. The number of aryl methyl sites for hydroxylation is 1. The minimum absolute atomic E-state index is 0.0791. The van der Waals surface area contributed by atoms with Crippen molar-refractivity contribution >= 4 is 11.7 Å². The van der Waals surface area contributed by atoms with Gasteiger partial charge in [0.25, 0.3) is 12.3 Å². The Morgan fingerprint density at radius 1 is 1.05 bits per heavy atom. The summed E-state index contributed by atoms with van der Waals surface area (Å²) in [6.45, 7) is 1.17. The van der Waals surface area contributed by atoms with Gasteiger partial charge in [-0.05, 0) is 54.4 Å². The third-order valence-electron chi connectivity index (χ3n) is 6.07. The summed E-state index contributed by atoms with van der Waals surface area (Å²) in [5.41, 5.74) is 8.25. The number of nitrogens with zero attached hydrogens (tertiary/aromatic N) is 3. The predicted molar refractivity (Wildman–Crippen MR) is 130 cm³/mol. The fraction of sp³-hybridized carbons (Fsp3) is 0.192. The lowest BCUT2D eigenvalue weighted by Gasteiger charge is -2.18. The van der Waals surface area contributed by atoms with Gasteiger partial charge in [-0.25, -0.2) is 22.5 Å². The lowest BCUT2D eigenvalue weighted by atomic mass is 9.99. The topological polar surface area (TPSA) is 106 Å². The summed E-state index contributed by atoms with van der Waals surface area (Å²) in [5.74, 6) is -2.60. The maximum Gasteiger partial charge on any atom is 0.263 e. The first-order valence-corrected chi connectivity index (χ1v) is 11.1. The van der Waals surface area contributed by atoms with Gasteiger partial charge in [-0.3, -0.25) is 9.48 Å². The number of alkyl halides is 2. The van der Waals surface area contributed by atoms with Gasteiger partial charge in [0, 0.05) is 41.2 Å². The van der Waals surface area contributed by atoms with Crippen LogP contribution >= 0.6 is 0 Å². The number of nitrogen functional groups attached to an aromatic ring is 1. The lowest BCUT2D eigenvalue weighted by Crippen LogP contribution is -2.31. The van der Waals surface area contributed by atoms with Crippen LogP contribution < -0.4 is 11.1 Å². The van der Waals surface area contributed by atoms with Crippen LogP contribution in [0.2, 0.25) is 0 Å². The van der Waals surface area contributed by atoms with Gasteiger partial charge in [-0.15, -0.1) is 0 Å². The van der Waals surface area contributed by atoms with Crippen molar-refractivity contribution in [2.45, 2.75) is 19.4 Å². The number of hydrogen-bond donors (Lipinski definition) is 3. The molecule has 11 heteroatoms. The Morgan fingerprint density at radius 2 is 1.78 bits per heavy atom. The number of amides is 1. The highest BCUT2D eigenvalue weighted by Gasteiger charge is 2.21. The van der Waals surface area contributed by atoms with Crippen LogP contribution in [0, 0.1) is 18.6 Å². The van der Waals surface area contributed by atoms with Crippen LogP contribution in [-0.4, -0.2) is 32.4 Å². The number of aliphatic hydroxyl groups excluding tert-OH is 1. The molecular formula is C26H23F4N5O2. The molecule has 192 valence electrons. The number of nitrogens with one attached hydrogen (secondary N) is 1. The van der Waals surface area contributed by atoms with E-state index in [0.717, 1.165) is 35.0 Å². The van der Waals surface area contributed by atoms with E-state index in [1.807, 2.05) is 6.92 Å². The highest BCUT2D eigenvalue weighted by atomic mass is 19.3. The number of rotatable bonds is 7. The molecule has 4 rings (SSSR count). The van der Waals surface area contributed by atoms with E-state index in [1.54, 1.807) is 30.2 Å². The van der Waals surface area contributed by atoms with Gasteiger partial charge in [0.05, 0.1) is 24.4 Å². The number of carbonyl (C=O) groups excluding carboxylic acids is 1. The Hall–Kier alpha value is -4.25. The smallest absolute Gasteiger partial charge is 0.263 e. The number of aromatic nitrogens is 3. The van der Waals surface area contributed by atoms with E-state index < -0.39 is 42.2 Å². The van der Waals surface area contributed by atoms with Crippen molar-refractivity contribution in [3.63, 3.8) is 0 Å². The van der Waals surface area contributed by atoms with Crippen molar-refractivity contribution in [3.8, 4) is 22.3 Å². The summed E-state index contributed by atoms with van der Waals surface area (Å²) >= 11 is 0. The van der Waals surface area contributed by atoms with E-state index in [4.69, 9.17) is 5.73 Å². The molecule has 2 aromatic heterocycles. The first-order valence-electron chi connectivity index (χ1n) is 11.1. The minimum atomic E-state index is -2.95. The molecule has 37 heavy (non-hydrogen) atoms. The van der Waals surface area contributed by atoms with E-state index in [1.165, 1.54) is 12.1 Å². The van der Waals surface area contributed by atoms with Gasteiger partial charge in [-0.2, -0.15) is 5.10 Å². The van der Waals surface area contributed by atoms with Crippen molar-refractivity contribution in [1.29, 1.82) is 0 Å². The number of pyridine rings is 1. The molecule has 4 aromatic rings. The van der Waals surface area contributed by atoms with E-state index in [-0.39, 0.29) is 16.9 Å². The molecule has 0 radical (unpaired) electrons. The Bertz CT molecular complexity index is 1470. The van der Waals surface area contributed by atoms with Crippen LogP contribution in [0.4, 0.5) is 23.4 Å². The molecule has 0 aliphatic heterocycles. The van der Waals surface area contributed by atoms with Crippen LogP contribution in [0.5, 0.6) is 0 Å². The molecule has 2 heterocycles. The second-order valence-electron chi connectivity index (χ2n) is 8.45. The maximum atomic E-state index is 15.0. The monoisotopic (exact) mass is 513 g/mol. The number of anilines is 1. The largest absolute Gasteiger partial charge is 0.394 e. The summed E-state index contributed by atoms with van der Waals surface area (Å²) in [7, 11) is 1.80. The SMILES string of the molecule is Cc1c(-c2cnc(N)c(-c3ccc(C(=O)NC(CO)c4cc(F)cc(C(F)F)c4)c(F)c3)c2)cnn1C. The summed E-state index contributed by atoms with van der Waals surface area (Å²) in [6, 6.07) is 6.89. The van der Waals surface area contributed by atoms with Crippen molar-refractivity contribution < 1.29 is 27.5 Å². The van der Waals surface area contributed by atoms with Gasteiger partial charge in [0.1, 0.15) is 17.5 Å². The molecule has 0 saturated heterocycles. The maximum absolute atomic E-state index is 15.0. The van der Waals surface area contributed by atoms with Crippen molar-refractivity contribution in [1.82, 2.24) is 20.1 Å². The zero-order chi connectivity index (χ0) is 26.9. The lowest BCUT2D eigenvalue weighted by molar-refractivity contribution is 0.0912. The van der Waals surface area contributed by atoms with Crippen molar-refractivity contribution in [2.75, 3.05) is 12.3 Å². The molecule has 0 saturated carbocycles. The van der Waals surface area contributed by atoms with E-state index >= 15 is 4.39 Å². The molecule has 0 aliphatic carbocycles. The summed E-state index contributed by atoms with van der Waals surface area (Å²) in [5, 5.41) is 16.3. The zero-order valence-electron chi connectivity index (χ0n) is 19.8. The molecule has 7 nitrogen and oxygen atoms in total. The Labute approximate surface area is 209 Å². The zero-order valence-corrected chi connectivity index (χ0v) is 19.8. The van der Waals surface area contributed by atoms with Crippen LogP contribution in [-0.2, 0) is 7.05 Å². The normalized spacial score (nSPS) is 12.1. The third-order valence-corrected chi connectivity index (χ3v) is 6.07. The first-order chi connectivity index (χ1) is 17.6. The third kappa shape index (κ3) is 5.31. The highest BCUT2D eigenvalue weighted by molar-refractivity contribution is 5.95. The summed E-state index contributed by atoms with van der Waals surface area (Å²) < 4.78 is 56.6. The molecule has 0 spiro atoms. The molecule has 2 aromatic carbocycles. The Morgan fingerprint density at radius 3 is 2.41 bits per heavy atom. The molecular weight excluding hydrogens is 490 g/mol. The fourth-order valence-corrected chi connectivity index (χ4v) is 3.94. The Balaban J connectivity index is 1.61. The van der Waals surface area contributed by atoms with E-state index in [2.05, 4.69) is 15.4 Å². The van der Waals surface area contributed by atoms with Gasteiger partial charge in [0.15, 0.2) is 0 Å². The van der Waals surface area contributed by atoms with E-state index in [9.17, 15) is 23.1 Å². The minimum Gasteiger partial charge on any atom is -0.394 e. The average Bonchev–Trinajstić information content (AvgIpc) is 3.20. The Kier molecular flexibility index (Phi) is 7.25. The quantitative estimate of drug-likeness (QED) is 0.310. The molecule has 0 aliphatic rings. The van der Waals surface area contributed by atoms with Gasteiger partial charge in [-0.1, -0.05) is 6.07 Å². The number of aliphatic hydroxyl groups is 1. The highest BCUT2D eigenvalue weighted by Crippen LogP contribution is 2.32. The van der Waals surface area contributed by atoms with Crippen molar-refractivity contribution in [2.24, 2.45) is 7.05 Å². The first kappa shape index (κ1) is 25.8. The molecule has 0 fully saturated rings. The summed E-state index contributed by atoms with van der Waals surface area (Å²) in [6.07, 6.45) is 0.319. The summed E-state index contributed by atoms with van der Waals surface area (Å²) in [4.78, 5) is 17.0. The van der Waals surface area contributed by atoms with Gasteiger partial charge in [0.2, 0.25) is 0 Å². The number of halogens is 4. The average molecular weight is 513 g/mol. The van der Waals surface area contributed by atoms with Crippen LogP contribution in [0.15, 0.2) is 54.9 Å². The van der Waals surface area contributed by atoms with Gasteiger partial charge >= 0.3 is 0 Å². The van der Waals surface area contributed by atoms with Crippen LogP contribution in [0.1, 0.15) is 39.6 Å². The standard InChI is InChI=1S/C26H23F4N5O2/c1-13-21(11-33-35(13)2)17-8-20(25(31)32-10-17)14-3-4-19(22(28)9-14)26(37)34-23(12-36)15-5-16(24(29)30)7-18(27)6-15/h3-11,23-24,36H,12H2,1-2H3,(H2,31,32)(H,34,37). The predicted octanol–water partition coefficient (Wildman–Crippen LogP) is 4.72. The number of nitrogens with two attached hydrogens (primary N) is 1. The van der Waals surface area contributed by atoms with Crippen LogP contribution in [0.25, 0.3) is 22.3 Å². The number of benzene rings is 2. The second kappa shape index (κ2) is 10.4. The molecule has 1 amide bonds. The molecule has 0 bridgehead atoms. The molecule has 4 N–H and O–H groups in total. The van der Waals surface area contributed by atoms with Gasteiger partial charge < -0.3 is 16.2 Å². The van der Waals surface area contributed by atoms with Crippen molar-refractivity contribution in [3.05, 3.63) is 88.9 Å². The number of hydrogen-bond acceptors (Lipinski definition) is 5. The second-order valence-corrected chi connectivity index (χ2v) is 8.45. The number of carbonyl (C=O) groups is 1. The van der Waals surface area contributed by atoms with Crippen LogP contribution in [0.3, 0.4) is 0 Å². The van der Waals surface area contributed by atoms with E-state index in [0.29, 0.717) is 17.2 Å². The molecule has 1 atom stereocenters. The molecule has 1 unspecified atom stereocenters.